The number of benzene rings is 2. The van der Waals surface area contributed by atoms with Crippen LogP contribution in [-0.4, -0.2) is 127 Å². The number of hydrogen-bond donors (Lipinski definition) is 8. The molecule has 0 bridgehead atoms. The summed E-state index contributed by atoms with van der Waals surface area (Å²) in [5, 5.41) is 80.1. The van der Waals surface area contributed by atoms with E-state index < -0.39 is 85.7 Å². The van der Waals surface area contributed by atoms with Gasteiger partial charge in [-0.05, 0) is 54.8 Å². The number of phenols is 4. The molecule has 10 atom stereocenters. The van der Waals surface area contributed by atoms with Crippen LogP contribution in [0.1, 0.15) is 25.0 Å². The summed E-state index contributed by atoms with van der Waals surface area (Å²) in [5.41, 5.74) is 0.879. The fraction of sp³-hybridized carbons (Fsp3) is 0.484. The maximum atomic E-state index is 13.0. The first-order chi connectivity index (χ1) is 22.3. The zero-order valence-corrected chi connectivity index (χ0v) is 25.4. The fourth-order valence-corrected chi connectivity index (χ4v) is 5.05. The van der Waals surface area contributed by atoms with Crippen LogP contribution in [0.3, 0.4) is 0 Å². The van der Waals surface area contributed by atoms with E-state index in [0.29, 0.717) is 11.1 Å². The fourth-order valence-electron chi connectivity index (χ4n) is 5.05. The number of esters is 2. The molecule has 4 rings (SSSR count). The number of hydrogen-bond acceptors (Lipinski definition) is 16. The summed E-state index contributed by atoms with van der Waals surface area (Å²) in [5.74, 6) is -3.31. The second-order valence-electron chi connectivity index (χ2n) is 11.0. The molecule has 2 aromatic carbocycles. The molecule has 0 amide bonds. The van der Waals surface area contributed by atoms with E-state index >= 15 is 0 Å². The summed E-state index contributed by atoms with van der Waals surface area (Å²) in [6, 6.07) is 7.94. The van der Waals surface area contributed by atoms with Crippen molar-refractivity contribution in [3.63, 3.8) is 0 Å². The Morgan fingerprint density at radius 2 is 1.49 bits per heavy atom. The zero-order chi connectivity index (χ0) is 34.4. The van der Waals surface area contributed by atoms with Crippen LogP contribution in [0, 0.1) is 0 Å². The third-order valence-corrected chi connectivity index (χ3v) is 7.55. The van der Waals surface area contributed by atoms with E-state index in [1.54, 1.807) is 0 Å². The molecule has 16 heteroatoms. The van der Waals surface area contributed by atoms with Crippen LogP contribution in [0.2, 0.25) is 0 Å². The van der Waals surface area contributed by atoms with Crippen LogP contribution < -0.4 is 0 Å². The van der Waals surface area contributed by atoms with Crippen LogP contribution >= 0.6 is 0 Å². The van der Waals surface area contributed by atoms with Crippen molar-refractivity contribution in [3.05, 3.63) is 53.6 Å². The van der Waals surface area contributed by atoms with Crippen molar-refractivity contribution < 1.29 is 78.9 Å². The molecule has 0 aromatic heterocycles. The number of carbonyl (C=O) groups is 2. The lowest BCUT2D eigenvalue weighted by molar-refractivity contribution is -0.358. The highest BCUT2D eigenvalue weighted by atomic mass is 16.8. The Morgan fingerprint density at radius 1 is 0.809 bits per heavy atom. The summed E-state index contributed by atoms with van der Waals surface area (Å²) in [4.78, 5) is 25.3. The van der Waals surface area contributed by atoms with Gasteiger partial charge < -0.3 is 69.3 Å². The van der Waals surface area contributed by atoms with Crippen molar-refractivity contribution in [1.82, 2.24) is 0 Å². The Morgan fingerprint density at radius 3 is 2.13 bits per heavy atom. The summed E-state index contributed by atoms with van der Waals surface area (Å²) >= 11 is 0. The minimum atomic E-state index is -1.81. The molecule has 16 nitrogen and oxygen atoms in total. The van der Waals surface area contributed by atoms with Crippen molar-refractivity contribution in [2.45, 2.75) is 81.7 Å². The summed E-state index contributed by atoms with van der Waals surface area (Å²) < 4.78 is 34.4. The van der Waals surface area contributed by atoms with Crippen molar-refractivity contribution in [2.24, 2.45) is 0 Å². The van der Waals surface area contributed by atoms with Gasteiger partial charge in [0.2, 0.25) is 0 Å². The van der Waals surface area contributed by atoms with Crippen molar-refractivity contribution in [2.75, 3.05) is 13.2 Å². The number of carbonyl (C=O) groups excluding carboxylic acids is 2. The maximum Gasteiger partial charge on any atom is 0.331 e. The first-order valence-corrected chi connectivity index (χ1v) is 14.6. The van der Waals surface area contributed by atoms with Crippen LogP contribution in [0.15, 0.2) is 42.5 Å². The molecule has 47 heavy (non-hydrogen) atoms. The lowest BCUT2D eigenvalue weighted by Crippen LogP contribution is -2.65. The monoisotopic (exact) mass is 666 g/mol. The van der Waals surface area contributed by atoms with E-state index in [2.05, 4.69) is 0 Å². The lowest BCUT2D eigenvalue weighted by Gasteiger charge is -2.47. The Balaban J connectivity index is 1.61. The van der Waals surface area contributed by atoms with Crippen molar-refractivity contribution in [3.8, 4) is 23.0 Å². The van der Waals surface area contributed by atoms with Gasteiger partial charge in [0.25, 0.3) is 0 Å². The minimum absolute atomic E-state index is 0.103. The molecule has 2 fully saturated rings. The molecule has 0 spiro atoms. The SMILES string of the molecule is CC(=O)O[C@H]1[C@H](OCCc2ccc(O)c(O)c2)O[C@@H](CO)C(OC(=O)/C=C/c2ccc(O)c(O)c2)[C@@H]1OC1O[C@@H](C)[C@H](O)[C@@H](O)[C@H]1O. The average molecular weight is 667 g/mol. The van der Waals surface area contributed by atoms with Gasteiger partial charge in [0.05, 0.1) is 19.3 Å². The number of aromatic hydroxyl groups is 4. The van der Waals surface area contributed by atoms with Gasteiger partial charge in [0, 0.05) is 13.0 Å². The molecule has 2 aromatic rings. The topological polar surface area (TPSA) is 251 Å². The molecule has 2 unspecified atom stereocenters. The molecule has 2 saturated heterocycles. The van der Waals surface area contributed by atoms with Crippen LogP contribution in [0.4, 0.5) is 0 Å². The molecule has 0 radical (unpaired) electrons. The van der Waals surface area contributed by atoms with Gasteiger partial charge in [-0.3, -0.25) is 4.79 Å². The number of phenolic OH excluding ortho intramolecular Hbond substituents is 4. The predicted octanol–water partition coefficient (Wildman–Crippen LogP) is -0.445. The van der Waals surface area contributed by atoms with Crippen LogP contribution in [-0.2, 0) is 44.4 Å². The second kappa shape index (κ2) is 15.7. The molecule has 2 heterocycles. The van der Waals surface area contributed by atoms with E-state index in [1.165, 1.54) is 49.4 Å². The number of rotatable bonds is 11. The number of ether oxygens (including phenoxy) is 6. The second-order valence-corrected chi connectivity index (χ2v) is 11.0. The largest absolute Gasteiger partial charge is 0.504 e. The van der Waals surface area contributed by atoms with Crippen LogP contribution in [0.5, 0.6) is 23.0 Å². The van der Waals surface area contributed by atoms with Gasteiger partial charge in [-0.2, -0.15) is 0 Å². The normalized spacial score (nSPS) is 31.0. The highest BCUT2D eigenvalue weighted by Crippen LogP contribution is 2.33. The van der Waals surface area contributed by atoms with Crippen LogP contribution in [0.25, 0.3) is 6.08 Å². The van der Waals surface area contributed by atoms with E-state index in [4.69, 9.17) is 28.4 Å². The lowest BCUT2D eigenvalue weighted by atomic mass is 9.96. The van der Waals surface area contributed by atoms with E-state index in [1.807, 2.05) is 0 Å². The standard InChI is InChI=1S/C31H38O16/c1-14-24(39)25(40)26(41)30(43-14)47-28-27(46-23(38)8-5-16-3-6-18(34)20(36)11-16)22(13-32)45-31(29(28)44-15(2)33)42-10-9-17-4-7-19(35)21(37)12-17/h3-8,11-12,14,22,24-32,34-37,39-41H,9-10,13H2,1-2H3/b8-5+/t14-,22-,24-,25+,26+,27?,28-,29+,30?,31+/m0/s1. The quantitative estimate of drug-likeness (QED) is 0.0859. The molecular formula is C31H38O16. The van der Waals surface area contributed by atoms with E-state index in [-0.39, 0.29) is 30.3 Å². The van der Waals surface area contributed by atoms with Gasteiger partial charge in [-0.15, -0.1) is 0 Å². The highest BCUT2D eigenvalue weighted by Gasteiger charge is 2.54. The minimum Gasteiger partial charge on any atom is -0.504 e. The Kier molecular flexibility index (Phi) is 12.0. The molecule has 2 aliphatic rings. The Bertz CT molecular complexity index is 1410. The van der Waals surface area contributed by atoms with E-state index in [0.717, 1.165) is 13.0 Å². The summed E-state index contributed by atoms with van der Waals surface area (Å²) in [6.07, 6.45) is -12.7. The van der Waals surface area contributed by atoms with Crippen molar-refractivity contribution in [1.29, 1.82) is 0 Å². The van der Waals surface area contributed by atoms with Gasteiger partial charge >= 0.3 is 11.9 Å². The summed E-state index contributed by atoms with van der Waals surface area (Å²) in [6.45, 7) is 1.62. The molecule has 258 valence electrons. The third-order valence-electron chi connectivity index (χ3n) is 7.55. The van der Waals surface area contributed by atoms with E-state index in [9.17, 15) is 50.4 Å². The Hall–Kier alpha value is -4.00. The zero-order valence-electron chi connectivity index (χ0n) is 25.4. The number of aliphatic hydroxyl groups excluding tert-OH is 4. The molecule has 0 saturated carbocycles. The third kappa shape index (κ3) is 8.88. The van der Waals surface area contributed by atoms with Gasteiger partial charge in [0.15, 0.2) is 47.8 Å². The van der Waals surface area contributed by atoms with Gasteiger partial charge in [-0.25, -0.2) is 4.79 Å². The first-order valence-electron chi connectivity index (χ1n) is 14.6. The summed E-state index contributed by atoms with van der Waals surface area (Å²) in [7, 11) is 0. The average Bonchev–Trinajstić information content (AvgIpc) is 3.03. The predicted molar refractivity (Wildman–Crippen MR) is 157 cm³/mol. The van der Waals surface area contributed by atoms with Gasteiger partial charge in [0.1, 0.15) is 30.5 Å². The van der Waals surface area contributed by atoms with Gasteiger partial charge in [-0.1, -0.05) is 12.1 Å². The molecule has 8 N–H and O–H groups in total. The molecule has 0 aliphatic carbocycles. The maximum absolute atomic E-state index is 13.0. The molecular weight excluding hydrogens is 628 g/mol. The Labute approximate surface area is 268 Å². The highest BCUT2D eigenvalue weighted by molar-refractivity contribution is 5.87. The molecule has 2 aliphatic heterocycles. The van der Waals surface area contributed by atoms with Crippen molar-refractivity contribution >= 4 is 18.0 Å². The smallest absolute Gasteiger partial charge is 0.331 e. The first kappa shape index (κ1) is 35.8. The number of aliphatic hydroxyl groups is 4.